The van der Waals surface area contributed by atoms with Gasteiger partial charge >= 0.3 is 0 Å². The summed E-state index contributed by atoms with van der Waals surface area (Å²) in [6.45, 7) is 0.615. The van der Waals surface area contributed by atoms with E-state index in [0.717, 1.165) is 5.69 Å². The van der Waals surface area contributed by atoms with Crippen LogP contribution in [0.1, 0.15) is 5.89 Å². The number of halogens is 2. The lowest BCUT2D eigenvalue weighted by atomic mass is 10.2. The maximum Gasteiger partial charge on any atom is 0.228 e. The maximum atomic E-state index is 5.90. The summed E-state index contributed by atoms with van der Waals surface area (Å²) in [4.78, 5) is 3.91. The third-order valence-electron chi connectivity index (χ3n) is 2.15. The van der Waals surface area contributed by atoms with Gasteiger partial charge in [-0.2, -0.15) is 4.98 Å². The second-order valence-electron chi connectivity index (χ2n) is 3.37. The zero-order valence-corrected chi connectivity index (χ0v) is 10.3. The van der Waals surface area contributed by atoms with Crippen LogP contribution in [0.3, 0.4) is 0 Å². The van der Waals surface area contributed by atoms with Gasteiger partial charge in [-0.25, -0.2) is 0 Å². The number of nitrogen functional groups attached to an aromatic ring is 1. The van der Waals surface area contributed by atoms with Gasteiger partial charge < -0.3 is 15.6 Å². The topological polar surface area (TPSA) is 77.0 Å². The van der Waals surface area contributed by atoms with Crippen LogP contribution in [0.4, 0.5) is 11.4 Å². The van der Waals surface area contributed by atoms with Crippen LogP contribution in [0.2, 0.25) is 10.0 Å². The Morgan fingerprint density at radius 2 is 2.06 bits per heavy atom. The molecule has 0 radical (unpaired) electrons. The first-order valence-electron chi connectivity index (χ1n) is 4.91. The molecule has 17 heavy (non-hydrogen) atoms. The number of benzene rings is 1. The van der Waals surface area contributed by atoms with Crippen molar-refractivity contribution in [3.8, 4) is 0 Å². The van der Waals surface area contributed by atoms with Crippen LogP contribution in [-0.2, 0) is 6.42 Å². The Kier molecular flexibility index (Phi) is 3.71. The van der Waals surface area contributed by atoms with E-state index < -0.39 is 0 Å². The zero-order chi connectivity index (χ0) is 12.3. The molecule has 2 rings (SSSR count). The molecule has 90 valence electrons. The van der Waals surface area contributed by atoms with E-state index in [0.29, 0.717) is 34.6 Å². The molecule has 0 amide bonds. The fraction of sp³-hybridized carbons (Fsp3) is 0.200. The molecule has 5 nitrogen and oxygen atoms in total. The summed E-state index contributed by atoms with van der Waals surface area (Å²) in [7, 11) is 0. The fourth-order valence-corrected chi connectivity index (χ4v) is 1.66. The smallest absolute Gasteiger partial charge is 0.228 e. The van der Waals surface area contributed by atoms with Crippen molar-refractivity contribution in [3.05, 3.63) is 34.4 Å². The standard InChI is InChI=1S/C10H10Cl2N4O/c11-6-3-8(13)9(4-7(6)12)14-2-1-10-15-5-16-17-10/h3-5,14H,1-2,13H2. The molecule has 0 unspecified atom stereocenters. The lowest BCUT2D eigenvalue weighted by Gasteiger charge is -2.09. The van der Waals surface area contributed by atoms with Gasteiger partial charge in [0.2, 0.25) is 5.89 Å². The second kappa shape index (κ2) is 5.25. The molecular formula is C10H10Cl2N4O. The molecular weight excluding hydrogens is 263 g/mol. The number of nitrogens with two attached hydrogens (primary N) is 1. The molecule has 0 fully saturated rings. The molecule has 3 N–H and O–H groups in total. The Balaban J connectivity index is 1.97. The Labute approximate surface area is 108 Å². The predicted molar refractivity (Wildman–Crippen MR) is 67.4 cm³/mol. The van der Waals surface area contributed by atoms with Gasteiger partial charge in [-0.15, -0.1) is 0 Å². The second-order valence-corrected chi connectivity index (χ2v) is 4.18. The van der Waals surface area contributed by atoms with Crippen LogP contribution in [0.25, 0.3) is 0 Å². The summed E-state index contributed by atoms with van der Waals surface area (Å²) in [6.07, 6.45) is 1.97. The molecule has 1 aromatic carbocycles. The van der Waals surface area contributed by atoms with Gasteiger partial charge in [-0.05, 0) is 12.1 Å². The predicted octanol–water partition coefficient (Wildman–Crippen LogP) is 2.61. The number of anilines is 2. The zero-order valence-electron chi connectivity index (χ0n) is 8.78. The lowest BCUT2D eigenvalue weighted by Crippen LogP contribution is -2.07. The molecule has 0 atom stereocenters. The molecule has 2 aromatic rings. The number of nitrogens with one attached hydrogen (secondary N) is 1. The molecule has 0 bridgehead atoms. The quantitative estimate of drug-likeness (QED) is 0.837. The highest BCUT2D eigenvalue weighted by Gasteiger charge is 2.05. The average Bonchev–Trinajstić information content (AvgIpc) is 2.78. The Morgan fingerprint density at radius 1 is 1.29 bits per heavy atom. The molecule has 1 aromatic heterocycles. The summed E-state index contributed by atoms with van der Waals surface area (Å²) in [5, 5.41) is 7.53. The van der Waals surface area contributed by atoms with Crippen LogP contribution in [0.5, 0.6) is 0 Å². The van der Waals surface area contributed by atoms with Crippen molar-refractivity contribution in [2.45, 2.75) is 6.42 Å². The summed E-state index contributed by atoms with van der Waals surface area (Å²) < 4.78 is 4.86. The molecule has 0 aliphatic rings. The van der Waals surface area contributed by atoms with Crippen molar-refractivity contribution in [1.82, 2.24) is 10.1 Å². The van der Waals surface area contributed by atoms with Gasteiger partial charge in [0, 0.05) is 13.0 Å². The molecule has 0 saturated heterocycles. The average molecular weight is 273 g/mol. The van der Waals surface area contributed by atoms with E-state index in [9.17, 15) is 0 Å². The number of hydrogen-bond acceptors (Lipinski definition) is 5. The van der Waals surface area contributed by atoms with Gasteiger partial charge in [-0.3, -0.25) is 0 Å². The first-order valence-corrected chi connectivity index (χ1v) is 5.66. The van der Waals surface area contributed by atoms with Crippen molar-refractivity contribution < 1.29 is 4.52 Å². The van der Waals surface area contributed by atoms with Crippen molar-refractivity contribution in [2.24, 2.45) is 0 Å². The maximum absolute atomic E-state index is 5.90. The normalized spacial score (nSPS) is 10.5. The van der Waals surface area contributed by atoms with Crippen LogP contribution < -0.4 is 11.1 Å². The highest BCUT2D eigenvalue weighted by Crippen LogP contribution is 2.30. The molecule has 7 heteroatoms. The van der Waals surface area contributed by atoms with E-state index in [-0.39, 0.29) is 0 Å². The third kappa shape index (κ3) is 3.01. The van der Waals surface area contributed by atoms with E-state index >= 15 is 0 Å². The van der Waals surface area contributed by atoms with Crippen LogP contribution >= 0.6 is 23.2 Å². The lowest BCUT2D eigenvalue weighted by molar-refractivity contribution is 0.380. The summed E-state index contributed by atoms with van der Waals surface area (Å²) >= 11 is 11.7. The van der Waals surface area contributed by atoms with E-state index in [1.54, 1.807) is 12.1 Å². The number of hydrogen-bond donors (Lipinski definition) is 2. The third-order valence-corrected chi connectivity index (χ3v) is 2.88. The summed E-state index contributed by atoms with van der Waals surface area (Å²) in [6, 6.07) is 3.30. The SMILES string of the molecule is Nc1cc(Cl)c(Cl)cc1NCCc1ncno1. The van der Waals surface area contributed by atoms with Crippen LogP contribution in [-0.4, -0.2) is 16.7 Å². The minimum atomic E-state index is 0.437. The van der Waals surface area contributed by atoms with Gasteiger partial charge in [0.25, 0.3) is 0 Å². The van der Waals surface area contributed by atoms with Crippen molar-refractivity contribution >= 4 is 34.6 Å². The highest BCUT2D eigenvalue weighted by atomic mass is 35.5. The Hall–Kier alpha value is -1.46. The van der Waals surface area contributed by atoms with Gasteiger partial charge in [0.1, 0.15) is 0 Å². The van der Waals surface area contributed by atoms with Gasteiger partial charge in [0.15, 0.2) is 6.33 Å². The minimum Gasteiger partial charge on any atom is -0.397 e. The first kappa shape index (κ1) is 12.0. The monoisotopic (exact) mass is 272 g/mol. The number of aromatic nitrogens is 2. The fourth-order valence-electron chi connectivity index (χ4n) is 1.33. The minimum absolute atomic E-state index is 0.437. The molecule has 0 spiro atoms. The first-order chi connectivity index (χ1) is 8.16. The van der Waals surface area contributed by atoms with Crippen LogP contribution in [0.15, 0.2) is 23.0 Å². The highest BCUT2D eigenvalue weighted by molar-refractivity contribution is 6.42. The number of rotatable bonds is 4. The Bertz CT molecular complexity index is 501. The van der Waals surface area contributed by atoms with Gasteiger partial charge in [0.05, 0.1) is 21.4 Å². The molecule has 1 heterocycles. The van der Waals surface area contributed by atoms with Crippen LogP contribution in [0, 0.1) is 0 Å². The van der Waals surface area contributed by atoms with E-state index in [1.807, 2.05) is 0 Å². The largest absolute Gasteiger partial charge is 0.397 e. The summed E-state index contributed by atoms with van der Waals surface area (Å²) in [5.41, 5.74) is 7.07. The molecule has 0 saturated carbocycles. The van der Waals surface area contributed by atoms with Crippen molar-refractivity contribution in [3.63, 3.8) is 0 Å². The van der Waals surface area contributed by atoms with E-state index in [1.165, 1.54) is 6.33 Å². The van der Waals surface area contributed by atoms with E-state index in [2.05, 4.69) is 15.5 Å². The number of nitrogens with zero attached hydrogens (tertiary/aromatic N) is 2. The van der Waals surface area contributed by atoms with E-state index in [4.69, 9.17) is 33.5 Å². The Morgan fingerprint density at radius 3 is 2.76 bits per heavy atom. The summed E-state index contributed by atoms with van der Waals surface area (Å²) in [5.74, 6) is 0.566. The van der Waals surface area contributed by atoms with Crippen molar-refractivity contribution in [1.29, 1.82) is 0 Å². The molecule has 0 aliphatic carbocycles. The van der Waals surface area contributed by atoms with Crippen molar-refractivity contribution in [2.75, 3.05) is 17.6 Å². The molecule has 0 aliphatic heterocycles. The van der Waals surface area contributed by atoms with Gasteiger partial charge in [-0.1, -0.05) is 28.4 Å².